The highest BCUT2D eigenvalue weighted by Crippen LogP contribution is 2.26. The van der Waals surface area contributed by atoms with Crippen molar-refractivity contribution in [2.24, 2.45) is 0 Å². The summed E-state index contributed by atoms with van der Waals surface area (Å²) >= 11 is 7.01. The number of benzene rings is 1. The maximum Gasteiger partial charge on any atom is 0.251 e. The van der Waals surface area contributed by atoms with Crippen LogP contribution in [0.5, 0.6) is 0 Å². The Labute approximate surface area is 118 Å². The van der Waals surface area contributed by atoms with Gasteiger partial charge >= 0.3 is 0 Å². The van der Waals surface area contributed by atoms with E-state index in [0.717, 1.165) is 28.4 Å². The van der Waals surface area contributed by atoms with Gasteiger partial charge in [-0.3, -0.25) is 4.79 Å². The van der Waals surface area contributed by atoms with Crippen LogP contribution in [0.15, 0.2) is 22.7 Å². The molecule has 0 spiro atoms. The van der Waals surface area contributed by atoms with Crippen molar-refractivity contribution in [3.05, 3.63) is 33.8 Å². The van der Waals surface area contributed by atoms with Gasteiger partial charge in [-0.2, -0.15) is 0 Å². The van der Waals surface area contributed by atoms with Crippen LogP contribution in [-0.2, 0) is 0 Å². The van der Waals surface area contributed by atoms with E-state index in [-0.39, 0.29) is 11.9 Å². The zero-order chi connectivity index (χ0) is 12.4. The number of aryl methyl sites for hydroxylation is 1. The summed E-state index contributed by atoms with van der Waals surface area (Å²) in [5, 5.41) is 3.11. The molecule has 0 heterocycles. The second kappa shape index (κ2) is 5.53. The van der Waals surface area contributed by atoms with Gasteiger partial charge in [0.05, 0.1) is 0 Å². The maximum atomic E-state index is 12.2. The molecule has 1 saturated carbocycles. The Hall–Kier alpha value is -0.350. The minimum atomic E-state index is 0.0279. The highest BCUT2D eigenvalue weighted by Gasteiger charge is 2.26. The lowest BCUT2D eigenvalue weighted by atomic mass is 10.1. The third-order valence-electron chi connectivity index (χ3n) is 3.19. The zero-order valence-corrected chi connectivity index (χ0v) is 12.8. The van der Waals surface area contributed by atoms with E-state index in [9.17, 15) is 4.79 Å². The van der Waals surface area contributed by atoms with Crippen LogP contribution in [0.1, 0.15) is 35.2 Å². The first kappa shape index (κ1) is 13.1. The molecular weight excluding hydrogens is 346 g/mol. The SMILES string of the molecule is Cc1ccc(Br)cc1C(=O)NC1CCCC1Br. The molecule has 2 atom stereocenters. The number of rotatable bonds is 2. The number of halogens is 2. The highest BCUT2D eigenvalue weighted by atomic mass is 79.9. The van der Waals surface area contributed by atoms with Crippen LogP contribution in [0.2, 0.25) is 0 Å². The van der Waals surface area contributed by atoms with Crippen LogP contribution in [0.4, 0.5) is 0 Å². The fraction of sp³-hybridized carbons (Fsp3) is 0.462. The minimum absolute atomic E-state index is 0.0279. The molecule has 0 aromatic heterocycles. The molecule has 1 amide bonds. The Morgan fingerprint density at radius 1 is 1.41 bits per heavy atom. The van der Waals surface area contributed by atoms with Gasteiger partial charge in [-0.25, -0.2) is 0 Å². The number of carbonyl (C=O) groups is 1. The molecule has 2 rings (SSSR count). The standard InChI is InChI=1S/C13H15Br2NO/c1-8-5-6-9(14)7-10(8)13(17)16-12-4-2-3-11(12)15/h5-7,11-12H,2-4H2,1H3,(H,16,17). The maximum absolute atomic E-state index is 12.2. The summed E-state index contributed by atoms with van der Waals surface area (Å²) in [5.74, 6) is 0.0279. The molecule has 0 bridgehead atoms. The topological polar surface area (TPSA) is 29.1 Å². The van der Waals surface area contributed by atoms with Crippen molar-refractivity contribution in [3.8, 4) is 0 Å². The van der Waals surface area contributed by atoms with Gasteiger partial charge in [-0.1, -0.05) is 44.3 Å². The summed E-state index contributed by atoms with van der Waals surface area (Å²) < 4.78 is 0.940. The van der Waals surface area contributed by atoms with E-state index < -0.39 is 0 Å². The molecule has 2 nitrogen and oxygen atoms in total. The summed E-state index contributed by atoms with van der Waals surface area (Å²) in [6.07, 6.45) is 3.38. The van der Waals surface area contributed by atoms with Crippen LogP contribution in [0.3, 0.4) is 0 Å². The van der Waals surface area contributed by atoms with Crippen molar-refractivity contribution < 1.29 is 4.79 Å². The largest absolute Gasteiger partial charge is 0.348 e. The first-order valence-electron chi connectivity index (χ1n) is 5.79. The van der Waals surface area contributed by atoms with Crippen molar-refractivity contribution in [2.45, 2.75) is 37.1 Å². The predicted octanol–water partition coefficient (Wildman–Crippen LogP) is 3.80. The van der Waals surface area contributed by atoms with E-state index in [4.69, 9.17) is 0 Å². The van der Waals surface area contributed by atoms with Crippen LogP contribution < -0.4 is 5.32 Å². The van der Waals surface area contributed by atoms with Gasteiger partial charge < -0.3 is 5.32 Å². The predicted molar refractivity (Wildman–Crippen MR) is 76.7 cm³/mol. The Bertz CT molecular complexity index is 433. The van der Waals surface area contributed by atoms with E-state index in [1.165, 1.54) is 6.42 Å². The van der Waals surface area contributed by atoms with Crippen LogP contribution in [0, 0.1) is 6.92 Å². The Balaban J connectivity index is 2.11. The summed E-state index contributed by atoms with van der Waals surface area (Å²) in [6.45, 7) is 1.96. The summed E-state index contributed by atoms with van der Waals surface area (Å²) in [5.41, 5.74) is 1.76. The van der Waals surface area contributed by atoms with Gasteiger partial charge in [0.1, 0.15) is 0 Å². The van der Waals surface area contributed by atoms with Crippen molar-refractivity contribution in [3.63, 3.8) is 0 Å². The number of carbonyl (C=O) groups excluding carboxylic acids is 1. The monoisotopic (exact) mass is 359 g/mol. The van der Waals surface area contributed by atoms with Crippen LogP contribution in [0.25, 0.3) is 0 Å². The van der Waals surface area contributed by atoms with Gasteiger partial charge in [0, 0.05) is 20.9 Å². The van der Waals surface area contributed by atoms with Gasteiger partial charge in [0.25, 0.3) is 5.91 Å². The number of alkyl halides is 1. The van der Waals surface area contributed by atoms with Crippen LogP contribution >= 0.6 is 31.9 Å². The second-order valence-corrected chi connectivity index (χ2v) is 6.58. The van der Waals surface area contributed by atoms with Crippen molar-refractivity contribution in [1.82, 2.24) is 5.32 Å². The van der Waals surface area contributed by atoms with E-state index in [2.05, 4.69) is 37.2 Å². The zero-order valence-electron chi connectivity index (χ0n) is 9.67. The molecule has 2 unspecified atom stereocenters. The molecule has 1 aromatic rings. The molecular formula is C13H15Br2NO. The molecule has 1 aliphatic rings. The number of nitrogens with one attached hydrogen (secondary N) is 1. The quantitative estimate of drug-likeness (QED) is 0.798. The van der Waals surface area contributed by atoms with Crippen molar-refractivity contribution in [1.29, 1.82) is 0 Å². The van der Waals surface area contributed by atoms with Gasteiger partial charge in [0.2, 0.25) is 0 Å². The summed E-state index contributed by atoms with van der Waals surface area (Å²) in [6, 6.07) is 6.05. The van der Waals surface area contributed by atoms with Crippen molar-refractivity contribution >= 4 is 37.8 Å². The number of hydrogen-bond donors (Lipinski definition) is 1. The van der Waals surface area contributed by atoms with Gasteiger partial charge in [-0.05, 0) is 37.5 Å². The average Bonchev–Trinajstić information content (AvgIpc) is 2.68. The molecule has 92 valence electrons. The van der Waals surface area contributed by atoms with Crippen molar-refractivity contribution in [2.75, 3.05) is 0 Å². The average molecular weight is 361 g/mol. The molecule has 1 aromatic carbocycles. The second-order valence-electron chi connectivity index (χ2n) is 4.49. The normalized spacial score (nSPS) is 23.7. The fourth-order valence-electron chi connectivity index (χ4n) is 2.16. The van der Waals surface area contributed by atoms with Gasteiger partial charge in [0.15, 0.2) is 0 Å². The smallest absolute Gasteiger partial charge is 0.251 e. The van der Waals surface area contributed by atoms with E-state index >= 15 is 0 Å². The third kappa shape index (κ3) is 3.10. The molecule has 0 saturated heterocycles. The van der Waals surface area contributed by atoms with E-state index in [1.54, 1.807) is 0 Å². The van der Waals surface area contributed by atoms with E-state index in [0.29, 0.717) is 4.83 Å². The molecule has 17 heavy (non-hydrogen) atoms. The number of amides is 1. The Morgan fingerprint density at radius 3 is 2.82 bits per heavy atom. The highest BCUT2D eigenvalue weighted by molar-refractivity contribution is 9.10. The molecule has 0 radical (unpaired) electrons. The molecule has 4 heteroatoms. The Kier molecular flexibility index (Phi) is 4.26. The summed E-state index contributed by atoms with van der Waals surface area (Å²) in [7, 11) is 0. The lowest BCUT2D eigenvalue weighted by molar-refractivity contribution is 0.0938. The molecule has 0 aliphatic heterocycles. The lowest BCUT2D eigenvalue weighted by Gasteiger charge is -2.17. The van der Waals surface area contributed by atoms with Gasteiger partial charge in [-0.15, -0.1) is 0 Å². The number of hydrogen-bond acceptors (Lipinski definition) is 1. The third-order valence-corrected chi connectivity index (χ3v) is 4.78. The molecule has 1 N–H and O–H groups in total. The van der Waals surface area contributed by atoms with E-state index in [1.807, 2.05) is 25.1 Å². The Morgan fingerprint density at radius 2 is 2.18 bits per heavy atom. The first-order valence-corrected chi connectivity index (χ1v) is 7.50. The summed E-state index contributed by atoms with van der Waals surface area (Å²) in [4.78, 5) is 12.6. The molecule has 1 fully saturated rings. The molecule has 1 aliphatic carbocycles. The fourth-order valence-corrected chi connectivity index (χ4v) is 3.24. The first-order chi connectivity index (χ1) is 8.08. The lowest BCUT2D eigenvalue weighted by Crippen LogP contribution is -2.37. The van der Waals surface area contributed by atoms with Crippen LogP contribution in [-0.4, -0.2) is 16.8 Å². The minimum Gasteiger partial charge on any atom is -0.348 e.